The molecule has 19 heavy (non-hydrogen) atoms. The first-order valence-electron chi connectivity index (χ1n) is 6.75. The van der Waals surface area contributed by atoms with Crippen LogP contribution in [-0.4, -0.2) is 15.5 Å². The van der Waals surface area contributed by atoms with E-state index in [0.29, 0.717) is 0 Å². The molecule has 2 aromatic rings. The maximum absolute atomic E-state index is 6.00. The number of nitrogens with two attached hydrogens (primary N) is 1. The highest BCUT2D eigenvalue weighted by Gasteiger charge is 2.12. The molecule has 3 nitrogen and oxygen atoms in total. The Morgan fingerprint density at radius 3 is 2.58 bits per heavy atom. The van der Waals surface area contributed by atoms with Crippen LogP contribution in [-0.2, 0) is 6.42 Å². The molecule has 0 unspecified atom stereocenters. The third-order valence-electron chi connectivity index (χ3n) is 3.45. The maximum Gasteiger partial charge on any atom is 0.106 e. The minimum absolute atomic E-state index is 0.145. The fourth-order valence-electron chi connectivity index (χ4n) is 1.99. The van der Waals surface area contributed by atoms with Gasteiger partial charge in [-0.2, -0.15) is 0 Å². The molecule has 0 amide bonds. The van der Waals surface area contributed by atoms with Crippen molar-refractivity contribution in [2.75, 3.05) is 0 Å². The molecule has 2 rings (SSSR count). The number of hydrogen-bond acceptors (Lipinski definition) is 2. The monoisotopic (exact) mass is 257 g/mol. The zero-order chi connectivity index (χ0) is 14.0. The topological polar surface area (TPSA) is 54.7 Å². The molecule has 102 valence electrons. The SMILES string of the molecule is Cc1ccc(-c2cnc(CCC(C)(C)N)[nH]2)cc1C. The number of benzene rings is 1. The van der Waals surface area contributed by atoms with E-state index in [4.69, 9.17) is 5.73 Å². The molecule has 0 radical (unpaired) electrons. The molecule has 0 aliphatic rings. The molecule has 0 saturated carbocycles. The Labute approximate surface area is 115 Å². The second kappa shape index (κ2) is 5.17. The van der Waals surface area contributed by atoms with Gasteiger partial charge in [0.15, 0.2) is 0 Å². The Hall–Kier alpha value is -1.61. The summed E-state index contributed by atoms with van der Waals surface area (Å²) in [5.74, 6) is 1.01. The molecule has 0 bridgehead atoms. The van der Waals surface area contributed by atoms with Crippen molar-refractivity contribution < 1.29 is 0 Å². The van der Waals surface area contributed by atoms with E-state index < -0.39 is 0 Å². The van der Waals surface area contributed by atoms with E-state index in [0.717, 1.165) is 24.4 Å². The minimum atomic E-state index is -0.145. The number of aryl methyl sites for hydroxylation is 3. The van der Waals surface area contributed by atoms with Crippen LogP contribution in [0, 0.1) is 13.8 Å². The minimum Gasteiger partial charge on any atom is -0.342 e. The predicted octanol–water partition coefficient (Wildman–Crippen LogP) is 3.36. The Kier molecular flexibility index (Phi) is 3.76. The number of aromatic nitrogens is 2. The van der Waals surface area contributed by atoms with Crippen molar-refractivity contribution in [2.24, 2.45) is 5.73 Å². The quantitative estimate of drug-likeness (QED) is 0.882. The van der Waals surface area contributed by atoms with Crippen LogP contribution in [0.5, 0.6) is 0 Å². The summed E-state index contributed by atoms with van der Waals surface area (Å²) in [5.41, 5.74) is 10.7. The van der Waals surface area contributed by atoms with Gasteiger partial charge in [-0.25, -0.2) is 4.98 Å². The molecule has 0 aliphatic carbocycles. The van der Waals surface area contributed by atoms with Crippen LogP contribution in [0.2, 0.25) is 0 Å². The molecule has 3 heteroatoms. The van der Waals surface area contributed by atoms with Crippen molar-refractivity contribution in [3.63, 3.8) is 0 Å². The van der Waals surface area contributed by atoms with Gasteiger partial charge < -0.3 is 10.7 Å². The van der Waals surface area contributed by atoms with E-state index in [1.807, 2.05) is 20.0 Å². The van der Waals surface area contributed by atoms with Gasteiger partial charge in [0.2, 0.25) is 0 Å². The van der Waals surface area contributed by atoms with Crippen LogP contribution in [0.3, 0.4) is 0 Å². The molecular weight excluding hydrogens is 234 g/mol. The fourth-order valence-corrected chi connectivity index (χ4v) is 1.99. The maximum atomic E-state index is 6.00. The van der Waals surface area contributed by atoms with Crippen molar-refractivity contribution in [2.45, 2.75) is 46.1 Å². The normalized spacial score (nSPS) is 11.8. The highest BCUT2D eigenvalue weighted by molar-refractivity contribution is 5.60. The van der Waals surface area contributed by atoms with Gasteiger partial charge in [0.05, 0.1) is 11.9 Å². The Balaban J connectivity index is 2.14. The summed E-state index contributed by atoms with van der Waals surface area (Å²) in [7, 11) is 0. The first-order chi connectivity index (χ1) is 8.85. The highest BCUT2D eigenvalue weighted by Crippen LogP contribution is 2.21. The number of nitrogens with one attached hydrogen (secondary N) is 1. The van der Waals surface area contributed by atoms with Crippen LogP contribution in [0.1, 0.15) is 37.2 Å². The smallest absolute Gasteiger partial charge is 0.106 e. The first-order valence-corrected chi connectivity index (χ1v) is 6.75. The third kappa shape index (κ3) is 3.67. The van der Waals surface area contributed by atoms with Crippen molar-refractivity contribution in [3.05, 3.63) is 41.3 Å². The van der Waals surface area contributed by atoms with Crippen LogP contribution >= 0.6 is 0 Å². The molecule has 0 fully saturated rings. The van der Waals surface area contributed by atoms with Crippen molar-refractivity contribution in [1.82, 2.24) is 9.97 Å². The van der Waals surface area contributed by atoms with Gasteiger partial charge in [0, 0.05) is 12.0 Å². The Morgan fingerprint density at radius 1 is 1.21 bits per heavy atom. The zero-order valence-corrected chi connectivity index (χ0v) is 12.2. The number of imidazole rings is 1. The number of H-pyrrole nitrogens is 1. The summed E-state index contributed by atoms with van der Waals surface area (Å²) in [5, 5.41) is 0. The van der Waals surface area contributed by atoms with E-state index in [-0.39, 0.29) is 5.54 Å². The standard InChI is InChI=1S/C16H23N3/c1-11-5-6-13(9-12(11)2)14-10-18-15(19-14)7-8-16(3,4)17/h5-6,9-10H,7-8,17H2,1-4H3,(H,18,19). The molecule has 1 aromatic carbocycles. The second-order valence-electron chi connectivity index (χ2n) is 6.03. The molecule has 3 N–H and O–H groups in total. The molecule has 1 heterocycles. The molecule has 0 saturated heterocycles. The van der Waals surface area contributed by atoms with Gasteiger partial charge in [0.1, 0.15) is 5.82 Å². The molecule has 0 aliphatic heterocycles. The van der Waals surface area contributed by atoms with E-state index in [9.17, 15) is 0 Å². The lowest BCUT2D eigenvalue weighted by Crippen LogP contribution is -2.32. The second-order valence-corrected chi connectivity index (χ2v) is 6.03. The van der Waals surface area contributed by atoms with E-state index in [2.05, 4.69) is 42.0 Å². The lowest BCUT2D eigenvalue weighted by atomic mass is 10.00. The lowest BCUT2D eigenvalue weighted by molar-refractivity contribution is 0.472. The highest BCUT2D eigenvalue weighted by atomic mass is 14.9. The number of nitrogens with zero attached hydrogens (tertiary/aromatic N) is 1. The summed E-state index contributed by atoms with van der Waals surface area (Å²) in [4.78, 5) is 7.82. The van der Waals surface area contributed by atoms with Crippen LogP contribution in [0.25, 0.3) is 11.3 Å². The molecule has 1 aromatic heterocycles. The van der Waals surface area contributed by atoms with Gasteiger partial charge in [-0.15, -0.1) is 0 Å². The van der Waals surface area contributed by atoms with Gasteiger partial charge >= 0.3 is 0 Å². The van der Waals surface area contributed by atoms with Crippen molar-refractivity contribution in [3.8, 4) is 11.3 Å². The van der Waals surface area contributed by atoms with Crippen LogP contribution in [0.15, 0.2) is 24.4 Å². The van der Waals surface area contributed by atoms with E-state index in [1.54, 1.807) is 0 Å². The van der Waals surface area contributed by atoms with E-state index in [1.165, 1.54) is 16.7 Å². The Morgan fingerprint density at radius 2 is 1.95 bits per heavy atom. The van der Waals surface area contributed by atoms with Gasteiger partial charge in [-0.1, -0.05) is 12.1 Å². The lowest BCUT2D eigenvalue weighted by Gasteiger charge is -2.16. The fraction of sp³-hybridized carbons (Fsp3) is 0.438. The predicted molar refractivity (Wildman–Crippen MR) is 80.1 cm³/mol. The number of hydrogen-bond donors (Lipinski definition) is 2. The molecule has 0 spiro atoms. The summed E-state index contributed by atoms with van der Waals surface area (Å²) < 4.78 is 0. The first kappa shape index (κ1) is 13.8. The van der Waals surface area contributed by atoms with Crippen molar-refractivity contribution in [1.29, 1.82) is 0 Å². The number of rotatable bonds is 4. The van der Waals surface area contributed by atoms with Gasteiger partial charge in [-0.3, -0.25) is 0 Å². The van der Waals surface area contributed by atoms with Crippen LogP contribution in [0.4, 0.5) is 0 Å². The molecule has 0 atom stereocenters. The van der Waals surface area contributed by atoms with Crippen LogP contribution < -0.4 is 5.73 Å². The summed E-state index contributed by atoms with van der Waals surface area (Å²) >= 11 is 0. The largest absolute Gasteiger partial charge is 0.342 e. The summed E-state index contributed by atoms with van der Waals surface area (Å²) in [6.45, 7) is 8.34. The van der Waals surface area contributed by atoms with Gasteiger partial charge in [-0.05, 0) is 56.9 Å². The van der Waals surface area contributed by atoms with Crippen molar-refractivity contribution >= 4 is 0 Å². The molecular formula is C16H23N3. The average Bonchev–Trinajstić information content (AvgIpc) is 2.78. The van der Waals surface area contributed by atoms with Gasteiger partial charge in [0.25, 0.3) is 0 Å². The third-order valence-corrected chi connectivity index (χ3v) is 3.45. The Bertz CT molecular complexity index is 562. The average molecular weight is 257 g/mol. The van der Waals surface area contributed by atoms with E-state index >= 15 is 0 Å². The summed E-state index contributed by atoms with van der Waals surface area (Å²) in [6.07, 6.45) is 3.71. The zero-order valence-electron chi connectivity index (χ0n) is 12.2. The summed E-state index contributed by atoms with van der Waals surface area (Å²) in [6, 6.07) is 6.47. The number of aromatic amines is 1.